The molecule has 0 bridgehead atoms. The number of thiophene rings is 1. The average Bonchev–Trinajstić information content (AvgIpc) is 2.78. The Labute approximate surface area is 120 Å². The summed E-state index contributed by atoms with van der Waals surface area (Å²) in [7, 11) is 0. The summed E-state index contributed by atoms with van der Waals surface area (Å²) in [6.45, 7) is 4.04. The zero-order valence-corrected chi connectivity index (χ0v) is 12.1. The molecule has 1 atom stereocenters. The van der Waals surface area contributed by atoms with Gasteiger partial charge in [-0.25, -0.2) is 0 Å². The van der Waals surface area contributed by atoms with E-state index in [0.29, 0.717) is 10.7 Å². The number of hydrogen-bond donors (Lipinski definition) is 1. The molecule has 1 heterocycles. The SMILES string of the molecule is Cc1ccc(C(C)Nc2cc([N+](=O)[O-])ccc2Cl)s1. The topological polar surface area (TPSA) is 55.2 Å². The number of aryl methyl sites for hydroxylation is 1. The standard InChI is InChI=1S/C13H13ClN2O2S/c1-8-3-6-13(19-8)9(2)15-12-7-10(16(17)18)4-5-11(12)14/h3-7,9,15H,1-2H3. The van der Waals surface area contributed by atoms with E-state index >= 15 is 0 Å². The molecular formula is C13H13ClN2O2S. The Morgan fingerprint density at radius 2 is 2.11 bits per heavy atom. The van der Waals surface area contributed by atoms with Crippen molar-refractivity contribution < 1.29 is 4.92 Å². The molecule has 0 fully saturated rings. The van der Waals surface area contributed by atoms with Crippen LogP contribution in [0.5, 0.6) is 0 Å². The lowest BCUT2D eigenvalue weighted by atomic mass is 10.2. The highest BCUT2D eigenvalue weighted by molar-refractivity contribution is 7.12. The first-order valence-corrected chi connectivity index (χ1v) is 6.93. The summed E-state index contributed by atoms with van der Waals surface area (Å²) in [6, 6.07) is 8.54. The van der Waals surface area contributed by atoms with E-state index in [1.807, 2.05) is 26.0 Å². The molecule has 0 radical (unpaired) electrons. The summed E-state index contributed by atoms with van der Waals surface area (Å²) in [5, 5.41) is 14.4. The minimum atomic E-state index is -0.429. The number of nitrogens with zero attached hydrogens (tertiary/aromatic N) is 1. The van der Waals surface area contributed by atoms with E-state index in [9.17, 15) is 10.1 Å². The van der Waals surface area contributed by atoms with E-state index in [1.165, 1.54) is 28.0 Å². The van der Waals surface area contributed by atoms with Crippen LogP contribution in [0.4, 0.5) is 11.4 Å². The molecule has 1 unspecified atom stereocenters. The Morgan fingerprint density at radius 3 is 2.68 bits per heavy atom. The molecule has 1 aromatic carbocycles. The van der Waals surface area contributed by atoms with Crippen LogP contribution in [0.3, 0.4) is 0 Å². The van der Waals surface area contributed by atoms with E-state index in [4.69, 9.17) is 11.6 Å². The lowest BCUT2D eigenvalue weighted by Gasteiger charge is -2.14. The number of anilines is 1. The fourth-order valence-electron chi connectivity index (χ4n) is 1.73. The lowest BCUT2D eigenvalue weighted by Crippen LogP contribution is -2.05. The van der Waals surface area contributed by atoms with Gasteiger partial charge in [0.15, 0.2) is 0 Å². The maximum Gasteiger partial charge on any atom is 0.271 e. The van der Waals surface area contributed by atoms with Crippen LogP contribution in [-0.4, -0.2) is 4.92 Å². The normalized spacial score (nSPS) is 12.2. The fraction of sp³-hybridized carbons (Fsp3) is 0.231. The summed E-state index contributed by atoms with van der Waals surface area (Å²) in [5.74, 6) is 0. The molecule has 0 saturated carbocycles. The van der Waals surface area contributed by atoms with E-state index in [1.54, 1.807) is 11.3 Å². The predicted molar refractivity (Wildman–Crippen MR) is 79.2 cm³/mol. The third-order valence-electron chi connectivity index (χ3n) is 2.72. The Hall–Kier alpha value is -1.59. The second-order valence-corrected chi connectivity index (χ2v) is 5.96. The van der Waals surface area contributed by atoms with E-state index < -0.39 is 4.92 Å². The number of benzene rings is 1. The molecule has 1 aromatic heterocycles. The number of nitro groups is 1. The Bertz CT molecular complexity index is 612. The largest absolute Gasteiger partial charge is 0.376 e. The molecule has 0 aliphatic heterocycles. The minimum Gasteiger partial charge on any atom is -0.376 e. The highest BCUT2D eigenvalue weighted by Gasteiger charge is 2.13. The third-order valence-corrected chi connectivity index (χ3v) is 4.23. The van der Waals surface area contributed by atoms with Crippen LogP contribution in [0.15, 0.2) is 30.3 Å². The van der Waals surface area contributed by atoms with Crippen molar-refractivity contribution >= 4 is 34.3 Å². The maximum atomic E-state index is 10.8. The molecule has 0 spiro atoms. The van der Waals surface area contributed by atoms with Gasteiger partial charge in [0.1, 0.15) is 0 Å². The van der Waals surface area contributed by atoms with Crippen molar-refractivity contribution in [2.45, 2.75) is 19.9 Å². The van der Waals surface area contributed by atoms with Gasteiger partial charge < -0.3 is 5.32 Å². The molecule has 6 heteroatoms. The Balaban J connectivity index is 2.22. The molecule has 1 N–H and O–H groups in total. The summed E-state index contributed by atoms with van der Waals surface area (Å²) in [6.07, 6.45) is 0. The van der Waals surface area contributed by atoms with Crippen molar-refractivity contribution in [2.75, 3.05) is 5.32 Å². The van der Waals surface area contributed by atoms with Gasteiger partial charge in [-0.15, -0.1) is 11.3 Å². The molecule has 19 heavy (non-hydrogen) atoms. The van der Waals surface area contributed by atoms with Crippen LogP contribution in [-0.2, 0) is 0 Å². The van der Waals surface area contributed by atoms with Gasteiger partial charge in [0.25, 0.3) is 5.69 Å². The quantitative estimate of drug-likeness (QED) is 0.652. The Kier molecular flexibility index (Phi) is 4.07. The number of hydrogen-bond acceptors (Lipinski definition) is 4. The first-order valence-electron chi connectivity index (χ1n) is 5.74. The van der Waals surface area contributed by atoms with Crippen LogP contribution in [0.25, 0.3) is 0 Å². The van der Waals surface area contributed by atoms with Crippen LogP contribution < -0.4 is 5.32 Å². The second-order valence-electron chi connectivity index (χ2n) is 4.24. The first-order chi connectivity index (χ1) is 8.97. The highest BCUT2D eigenvalue weighted by Crippen LogP contribution is 2.31. The molecule has 2 rings (SSSR count). The first kappa shape index (κ1) is 13.8. The number of nitro benzene ring substituents is 1. The molecule has 4 nitrogen and oxygen atoms in total. The number of non-ortho nitro benzene ring substituents is 1. The van der Waals surface area contributed by atoms with Gasteiger partial charge in [0.05, 0.1) is 21.7 Å². The molecule has 2 aromatic rings. The van der Waals surface area contributed by atoms with Gasteiger partial charge in [-0.05, 0) is 32.0 Å². The van der Waals surface area contributed by atoms with Gasteiger partial charge in [-0.2, -0.15) is 0 Å². The fourth-order valence-corrected chi connectivity index (χ4v) is 2.78. The summed E-state index contributed by atoms with van der Waals surface area (Å²) in [5.41, 5.74) is 0.607. The van der Waals surface area contributed by atoms with Gasteiger partial charge in [-0.1, -0.05) is 11.6 Å². The Morgan fingerprint density at radius 1 is 1.37 bits per heavy atom. The lowest BCUT2D eigenvalue weighted by molar-refractivity contribution is -0.384. The minimum absolute atomic E-state index is 0.0291. The molecule has 0 aliphatic carbocycles. The summed E-state index contributed by atoms with van der Waals surface area (Å²) >= 11 is 7.75. The van der Waals surface area contributed by atoms with Gasteiger partial charge in [0, 0.05) is 21.9 Å². The van der Waals surface area contributed by atoms with Gasteiger partial charge in [0.2, 0.25) is 0 Å². The van der Waals surface area contributed by atoms with Crippen LogP contribution in [0.1, 0.15) is 22.7 Å². The van der Waals surface area contributed by atoms with E-state index in [0.717, 1.165) is 0 Å². The average molecular weight is 297 g/mol. The van der Waals surface area contributed by atoms with Crippen molar-refractivity contribution in [1.29, 1.82) is 0 Å². The smallest absolute Gasteiger partial charge is 0.271 e. The predicted octanol–water partition coefficient (Wildman–Crippen LogP) is 4.79. The van der Waals surface area contributed by atoms with Crippen LogP contribution >= 0.6 is 22.9 Å². The third kappa shape index (κ3) is 3.24. The zero-order valence-electron chi connectivity index (χ0n) is 10.5. The van der Waals surface area contributed by atoms with Crippen molar-refractivity contribution in [3.8, 4) is 0 Å². The van der Waals surface area contributed by atoms with E-state index in [2.05, 4.69) is 5.32 Å². The monoisotopic (exact) mass is 296 g/mol. The van der Waals surface area contributed by atoms with Gasteiger partial charge in [-0.3, -0.25) is 10.1 Å². The summed E-state index contributed by atoms with van der Waals surface area (Å²) < 4.78 is 0. The van der Waals surface area contributed by atoms with Gasteiger partial charge >= 0.3 is 0 Å². The zero-order chi connectivity index (χ0) is 14.0. The van der Waals surface area contributed by atoms with Crippen molar-refractivity contribution in [1.82, 2.24) is 0 Å². The van der Waals surface area contributed by atoms with Crippen molar-refractivity contribution in [3.05, 3.63) is 55.2 Å². The van der Waals surface area contributed by atoms with Crippen molar-refractivity contribution in [3.63, 3.8) is 0 Å². The van der Waals surface area contributed by atoms with E-state index in [-0.39, 0.29) is 11.7 Å². The maximum absolute atomic E-state index is 10.8. The molecule has 0 saturated heterocycles. The number of rotatable bonds is 4. The van der Waals surface area contributed by atoms with Crippen LogP contribution in [0, 0.1) is 17.0 Å². The molecule has 0 amide bonds. The van der Waals surface area contributed by atoms with Crippen molar-refractivity contribution in [2.24, 2.45) is 0 Å². The molecule has 100 valence electrons. The molecule has 0 aliphatic rings. The number of halogens is 1. The highest BCUT2D eigenvalue weighted by atomic mass is 35.5. The van der Waals surface area contributed by atoms with Crippen LogP contribution in [0.2, 0.25) is 5.02 Å². The number of nitrogens with one attached hydrogen (secondary N) is 1. The second kappa shape index (κ2) is 5.59. The molecular weight excluding hydrogens is 284 g/mol. The summed E-state index contributed by atoms with van der Waals surface area (Å²) in [4.78, 5) is 12.7.